The van der Waals surface area contributed by atoms with E-state index in [2.05, 4.69) is 16.3 Å². The largest absolute Gasteiger partial charge is 0.366 e. The highest BCUT2D eigenvalue weighted by Crippen LogP contribution is 2.24. The maximum Gasteiger partial charge on any atom is 0.236 e. The van der Waals surface area contributed by atoms with Crippen LogP contribution < -0.4 is 4.90 Å². The predicted octanol–water partition coefficient (Wildman–Crippen LogP) is 2.59. The van der Waals surface area contributed by atoms with Gasteiger partial charge in [-0.05, 0) is 35.6 Å². The molecule has 0 atom stereocenters. The fraction of sp³-hybridized carbons (Fsp3) is 0.421. The second-order valence-electron chi connectivity index (χ2n) is 6.65. The van der Waals surface area contributed by atoms with E-state index >= 15 is 0 Å². The molecule has 0 saturated carbocycles. The molecular formula is C19H22FN3OS. The van der Waals surface area contributed by atoms with Crippen molar-refractivity contribution < 1.29 is 9.18 Å². The van der Waals surface area contributed by atoms with E-state index in [4.69, 9.17) is 0 Å². The molecule has 0 bridgehead atoms. The van der Waals surface area contributed by atoms with Gasteiger partial charge in [-0.1, -0.05) is 12.1 Å². The topological polar surface area (TPSA) is 26.8 Å². The number of para-hydroxylation sites is 1. The highest BCUT2D eigenvalue weighted by molar-refractivity contribution is 7.10. The van der Waals surface area contributed by atoms with Crippen molar-refractivity contribution in [2.75, 3.05) is 44.2 Å². The third-order valence-corrected chi connectivity index (χ3v) is 6.09. The number of benzene rings is 1. The van der Waals surface area contributed by atoms with Crippen LogP contribution in [0.1, 0.15) is 10.4 Å². The van der Waals surface area contributed by atoms with Gasteiger partial charge in [-0.25, -0.2) is 4.39 Å². The van der Waals surface area contributed by atoms with Gasteiger partial charge in [-0.15, -0.1) is 11.3 Å². The van der Waals surface area contributed by atoms with Crippen LogP contribution in [0.25, 0.3) is 0 Å². The first-order valence-corrected chi connectivity index (χ1v) is 9.63. The molecule has 1 fully saturated rings. The summed E-state index contributed by atoms with van der Waals surface area (Å²) in [5.74, 6) is -0.00553. The number of nitrogens with zero attached hydrogens (tertiary/aromatic N) is 3. The Hall–Kier alpha value is -1.92. The lowest BCUT2D eigenvalue weighted by atomic mass is 10.1. The molecule has 6 heteroatoms. The number of rotatable bonds is 3. The van der Waals surface area contributed by atoms with E-state index in [1.165, 1.54) is 16.5 Å². The van der Waals surface area contributed by atoms with Gasteiger partial charge in [-0.3, -0.25) is 9.69 Å². The molecule has 0 N–H and O–H groups in total. The molecule has 4 rings (SSSR count). The molecule has 2 aromatic rings. The molecule has 2 aliphatic rings. The van der Waals surface area contributed by atoms with Crippen molar-refractivity contribution in [2.45, 2.75) is 13.0 Å². The standard InChI is InChI=1S/C19H22FN3OS/c20-16-3-1-2-4-17(16)22-8-10-23(11-9-22)19(24)14-21-7-5-18-15(13-21)6-12-25-18/h1-4,6,12H,5,7-11,13-14H2. The minimum absolute atomic E-state index is 0.187. The average molecular weight is 359 g/mol. The fourth-order valence-electron chi connectivity index (χ4n) is 3.64. The molecule has 4 nitrogen and oxygen atoms in total. The van der Waals surface area contributed by atoms with E-state index in [9.17, 15) is 9.18 Å². The Morgan fingerprint density at radius 3 is 2.68 bits per heavy atom. The van der Waals surface area contributed by atoms with Crippen LogP contribution in [0.3, 0.4) is 0 Å². The van der Waals surface area contributed by atoms with E-state index in [1.807, 2.05) is 27.2 Å². The van der Waals surface area contributed by atoms with Crippen molar-refractivity contribution >= 4 is 22.9 Å². The van der Waals surface area contributed by atoms with Gasteiger partial charge >= 0.3 is 0 Å². The smallest absolute Gasteiger partial charge is 0.236 e. The Labute approximate surface area is 151 Å². The lowest BCUT2D eigenvalue weighted by Crippen LogP contribution is -2.51. The second-order valence-corrected chi connectivity index (χ2v) is 7.65. The van der Waals surface area contributed by atoms with Crippen molar-refractivity contribution in [1.82, 2.24) is 9.80 Å². The maximum absolute atomic E-state index is 13.9. The zero-order valence-corrected chi connectivity index (χ0v) is 15.0. The lowest BCUT2D eigenvalue weighted by Gasteiger charge is -2.37. The maximum atomic E-state index is 13.9. The van der Waals surface area contributed by atoms with E-state index in [-0.39, 0.29) is 11.7 Å². The van der Waals surface area contributed by atoms with E-state index in [1.54, 1.807) is 12.1 Å². The minimum atomic E-state index is -0.192. The number of thiophene rings is 1. The Balaban J connectivity index is 1.31. The van der Waals surface area contributed by atoms with Crippen molar-refractivity contribution in [3.63, 3.8) is 0 Å². The summed E-state index contributed by atoms with van der Waals surface area (Å²) >= 11 is 1.82. The third kappa shape index (κ3) is 3.55. The quantitative estimate of drug-likeness (QED) is 0.843. The summed E-state index contributed by atoms with van der Waals surface area (Å²) in [5.41, 5.74) is 2.00. The van der Waals surface area contributed by atoms with Crippen molar-refractivity contribution in [2.24, 2.45) is 0 Å². The van der Waals surface area contributed by atoms with Crippen LogP contribution in [-0.2, 0) is 17.8 Å². The molecule has 3 heterocycles. The normalized spacial score (nSPS) is 18.3. The van der Waals surface area contributed by atoms with Gasteiger partial charge in [0.15, 0.2) is 0 Å². The second kappa shape index (κ2) is 7.14. The number of hydrogen-bond acceptors (Lipinski definition) is 4. The fourth-order valence-corrected chi connectivity index (χ4v) is 4.53. The Kier molecular flexibility index (Phi) is 4.72. The molecule has 1 amide bonds. The van der Waals surface area contributed by atoms with Gasteiger partial charge in [0, 0.05) is 44.1 Å². The van der Waals surface area contributed by atoms with Crippen LogP contribution in [0.15, 0.2) is 35.7 Å². The van der Waals surface area contributed by atoms with Gasteiger partial charge < -0.3 is 9.80 Å². The van der Waals surface area contributed by atoms with Crippen LogP contribution in [0, 0.1) is 5.82 Å². The first-order valence-electron chi connectivity index (χ1n) is 8.75. The van der Waals surface area contributed by atoms with Gasteiger partial charge in [0.25, 0.3) is 0 Å². The summed E-state index contributed by atoms with van der Waals surface area (Å²) in [6.45, 7) is 4.99. The van der Waals surface area contributed by atoms with Gasteiger partial charge in [0.1, 0.15) is 5.82 Å². The first-order chi connectivity index (χ1) is 12.2. The average Bonchev–Trinajstić information content (AvgIpc) is 3.10. The predicted molar refractivity (Wildman–Crippen MR) is 98.5 cm³/mol. The van der Waals surface area contributed by atoms with Crippen molar-refractivity contribution in [1.29, 1.82) is 0 Å². The van der Waals surface area contributed by atoms with Crippen LogP contribution in [-0.4, -0.2) is 55.0 Å². The number of hydrogen-bond donors (Lipinski definition) is 0. The Morgan fingerprint density at radius 2 is 1.88 bits per heavy atom. The third-order valence-electron chi connectivity index (χ3n) is 5.07. The van der Waals surface area contributed by atoms with Gasteiger partial charge in [0.05, 0.1) is 12.2 Å². The van der Waals surface area contributed by atoms with Crippen LogP contribution in [0.2, 0.25) is 0 Å². The summed E-state index contributed by atoms with van der Waals surface area (Å²) in [6, 6.07) is 9.02. The number of halogens is 1. The number of carbonyl (C=O) groups is 1. The molecule has 132 valence electrons. The number of piperazine rings is 1. The zero-order chi connectivity index (χ0) is 17.2. The summed E-state index contributed by atoms with van der Waals surface area (Å²) in [5, 5.41) is 2.14. The number of amides is 1. The van der Waals surface area contributed by atoms with Crippen molar-refractivity contribution in [3.8, 4) is 0 Å². The molecule has 0 spiro atoms. The highest BCUT2D eigenvalue weighted by Gasteiger charge is 2.25. The number of anilines is 1. The summed E-state index contributed by atoms with van der Waals surface area (Å²) < 4.78 is 13.9. The van der Waals surface area contributed by atoms with E-state index < -0.39 is 0 Å². The molecule has 1 aromatic heterocycles. The molecule has 0 radical (unpaired) electrons. The van der Waals surface area contributed by atoms with Crippen molar-refractivity contribution in [3.05, 3.63) is 52.0 Å². The summed E-state index contributed by atoms with van der Waals surface area (Å²) in [6.07, 6.45) is 1.04. The lowest BCUT2D eigenvalue weighted by molar-refractivity contribution is -0.132. The van der Waals surface area contributed by atoms with Crippen LogP contribution in [0.4, 0.5) is 10.1 Å². The molecule has 25 heavy (non-hydrogen) atoms. The minimum Gasteiger partial charge on any atom is -0.366 e. The highest BCUT2D eigenvalue weighted by atomic mass is 32.1. The first kappa shape index (κ1) is 16.5. The Bertz CT molecular complexity index is 755. The van der Waals surface area contributed by atoms with E-state index in [0.29, 0.717) is 38.4 Å². The van der Waals surface area contributed by atoms with Crippen LogP contribution in [0.5, 0.6) is 0 Å². The molecule has 1 aromatic carbocycles. The Morgan fingerprint density at radius 1 is 1.08 bits per heavy atom. The molecule has 0 aliphatic carbocycles. The van der Waals surface area contributed by atoms with Gasteiger partial charge in [0.2, 0.25) is 5.91 Å². The van der Waals surface area contributed by atoms with Gasteiger partial charge in [-0.2, -0.15) is 0 Å². The molecule has 1 saturated heterocycles. The van der Waals surface area contributed by atoms with E-state index in [0.717, 1.165) is 19.5 Å². The zero-order valence-electron chi connectivity index (χ0n) is 14.2. The molecule has 0 unspecified atom stereocenters. The number of fused-ring (bicyclic) bond motifs is 1. The molecular weight excluding hydrogens is 337 g/mol. The number of carbonyl (C=O) groups excluding carboxylic acids is 1. The SMILES string of the molecule is O=C(CN1CCc2sccc2C1)N1CCN(c2ccccc2F)CC1. The van der Waals surface area contributed by atoms with Crippen LogP contribution >= 0.6 is 11.3 Å². The monoisotopic (exact) mass is 359 g/mol. The molecule has 2 aliphatic heterocycles. The summed E-state index contributed by atoms with van der Waals surface area (Å²) in [4.78, 5) is 20.3. The summed E-state index contributed by atoms with van der Waals surface area (Å²) in [7, 11) is 0.